The van der Waals surface area contributed by atoms with Crippen LogP contribution in [-0.4, -0.2) is 22.8 Å². The molecule has 0 saturated carbocycles. The van der Waals surface area contributed by atoms with Crippen molar-refractivity contribution in [3.05, 3.63) is 24.3 Å². The molecular weight excluding hydrogens is 192 g/mol. The van der Waals surface area contributed by atoms with Crippen LogP contribution in [0.4, 0.5) is 0 Å². The second kappa shape index (κ2) is 5.49. The Morgan fingerprint density at radius 1 is 1.14 bits per heavy atom. The van der Waals surface area contributed by atoms with Crippen LogP contribution >= 0.6 is 0 Å². The predicted octanol–water partition coefficient (Wildman–Crippen LogP) is 2.87. The van der Waals surface area contributed by atoms with Gasteiger partial charge in [0.15, 0.2) is 0 Å². The van der Waals surface area contributed by atoms with Crippen molar-refractivity contribution >= 4 is 8.56 Å². The van der Waals surface area contributed by atoms with Gasteiger partial charge in [0.2, 0.25) is 0 Å². The number of rotatable bonds is 6. The summed E-state index contributed by atoms with van der Waals surface area (Å²) in [6.07, 6.45) is 11.1. The van der Waals surface area contributed by atoms with Gasteiger partial charge >= 0.3 is 8.56 Å². The molecule has 0 unspecified atom stereocenters. The maximum atomic E-state index is 5.43. The summed E-state index contributed by atoms with van der Waals surface area (Å²) in [5, 5.41) is 0. The predicted molar refractivity (Wildman–Crippen MR) is 61.4 cm³/mol. The van der Waals surface area contributed by atoms with Gasteiger partial charge in [-0.1, -0.05) is 30.7 Å². The van der Waals surface area contributed by atoms with Crippen LogP contribution in [0.3, 0.4) is 0 Å². The van der Waals surface area contributed by atoms with Crippen LogP contribution < -0.4 is 0 Å². The topological polar surface area (TPSA) is 18.5 Å². The molecule has 0 heterocycles. The molecule has 1 aliphatic carbocycles. The lowest BCUT2D eigenvalue weighted by Crippen LogP contribution is -2.35. The highest BCUT2D eigenvalue weighted by Gasteiger charge is 2.27. The molecule has 14 heavy (non-hydrogen) atoms. The van der Waals surface area contributed by atoms with Crippen molar-refractivity contribution in [2.45, 2.75) is 25.4 Å². The van der Waals surface area contributed by atoms with Gasteiger partial charge in [-0.2, -0.15) is 0 Å². The molecule has 0 aromatic rings. The molecule has 80 valence electrons. The van der Waals surface area contributed by atoms with Gasteiger partial charge in [0.05, 0.1) is 0 Å². The van der Waals surface area contributed by atoms with Gasteiger partial charge in [0.25, 0.3) is 0 Å². The number of allylic oxidation sites excluding steroid dienone is 4. The van der Waals surface area contributed by atoms with E-state index >= 15 is 0 Å². The molecule has 0 aromatic carbocycles. The molecule has 0 aliphatic heterocycles. The third kappa shape index (κ3) is 3.40. The van der Waals surface area contributed by atoms with Crippen LogP contribution in [-0.2, 0) is 8.85 Å². The van der Waals surface area contributed by atoms with Crippen molar-refractivity contribution in [2.24, 2.45) is 5.92 Å². The van der Waals surface area contributed by atoms with Crippen LogP contribution in [0.1, 0.15) is 12.8 Å². The average molecular weight is 212 g/mol. The number of hydrogen-bond acceptors (Lipinski definition) is 2. The van der Waals surface area contributed by atoms with Gasteiger partial charge in [0.1, 0.15) is 0 Å². The molecule has 0 radical (unpaired) electrons. The highest BCUT2D eigenvalue weighted by atomic mass is 28.4. The molecule has 0 N–H and O–H groups in total. The standard InChI is InChI=1S/C11H20O2Si/c1-12-14(3,13-2)10-6-9-11-7-4-5-8-11/h4-5,7-8,11H,6,9-10H2,1-3H3. The van der Waals surface area contributed by atoms with E-state index in [0.29, 0.717) is 5.92 Å². The fourth-order valence-electron chi connectivity index (χ4n) is 1.62. The summed E-state index contributed by atoms with van der Waals surface area (Å²) in [7, 11) is 1.69. The lowest BCUT2D eigenvalue weighted by Gasteiger charge is -2.22. The minimum absolute atomic E-state index is 0.641. The van der Waals surface area contributed by atoms with E-state index in [0.717, 1.165) is 6.04 Å². The van der Waals surface area contributed by atoms with Gasteiger partial charge in [-0.3, -0.25) is 0 Å². The smallest absolute Gasteiger partial charge is 0.334 e. The molecule has 0 amide bonds. The Morgan fingerprint density at radius 2 is 1.71 bits per heavy atom. The fourth-order valence-corrected chi connectivity index (χ4v) is 3.04. The Balaban J connectivity index is 2.19. The lowest BCUT2D eigenvalue weighted by molar-refractivity contribution is 0.248. The van der Waals surface area contributed by atoms with E-state index in [1.807, 2.05) is 0 Å². The van der Waals surface area contributed by atoms with Gasteiger partial charge in [-0.25, -0.2) is 0 Å². The fraction of sp³-hybridized carbons (Fsp3) is 0.636. The van der Waals surface area contributed by atoms with E-state index in [4.69, 9.17) is 8.85 Å². The highest BCUT2D eigenvalue weighted by Crippen LogP contribution is 2.21. The Morgan fingerprint density at radius 3 is 2.21 bits per heavy atom. The molecule has 1 rings (SSSR count). The summed E-state index contributed by atoms with van der Waals surface area (Å²) in [6.45, 7) is 2.12. The normalized spacial score (nSPS) is 16.8. The van der Waals surface area contributed by atoms with Gasteiger partial charge in [-0.15, -0.1) is 0 Å². The second-order valence-electron chi connectivity index (χ2n) is 3.87. The van der Waals surface area contributed by atoms with E-state index in [1.54, 1.807) is 14.2 Å². The molecule has 3 heteroatoms. The summed E-state index contributed by atoms with van der Waals surface area (Å²) in [6, 6.07) is 1.08. The first kappa shape index (κ1) is 11.7. The van der Waals surface area contributed by atoms with Gasteiger partial charge in [0, 0.05) is 14.2 Å². The van der Waals surface area contributed by atoms with E-state index in [9.17, 15) is 0 Å². The maximum Gasteiger partial charge on any atom is 0.334 e. The third-order valence-electron chi connectivity index (χ3n) is 2.86. The summed E-state index contributed by atoms with van der Waals surface area (Å²) < 4.78 is 10.9. The molecular formula is C11H20O2Si. The summed E-state index contributed by atoms with van der Waals surface area (Å²) in [5.41, 5.74) is 0. The summed E-state index contributed by atoms with van der Waals surface area (Å²) >= 11 is 0. The zero-order valence-corrected chi connectivity index (χ0v) is 10.3. The van der Waals surface area contributed by atoms with Crippen LogP contribution in [0.15, 0.2) is 24.3 Å². The van der Waals surface area contributed by atoms with E-state index in [1.165, 1.54) is 12.8 Å². The Labute approximate surface area is 87.9 Å². The van der Waals surface area contributed by atoms with Crippen molar-refractivity contribution < 1.29 is 8.85 Å². The summed E-state index contributed by atoms with van der Waals surface area (Å²) in [5.74, 6) is 0.641. The minimum atomic E-state index is -1.82. The first-order valence-corrected chi connectivity index (χ1v) is 7.68. The van der Waals surface area contributed by atoms with Gasteiger partial charge < -0.3 is 8.85 Å². The van der Waals surface area contributed by atoms with E-state index in [-0.39, 0.29) is 0 Å². The van der Waals surface area contributed by atoms with Crippen molar-refractivity contribution in [3.63, 3.8) is 0 Å². The monoisotopic (exact) mass is 212 g/mol. The third-order valence-corrected chi connectivity index (χ3v) is 5.85. The quantitative estimate of drug-likeness (QED) is 0.630. The van der Waals surface area contributed by atoms with Crippen molar-refractivity contribution in [3.8, 4) is 0 Å². The highest BCUT2D eigenvalue weighted by molar-refractivity contribution is 6.65. The molecule has 0 bridgehead atoms. The van der Waals surface area contributed by atoms with E-state index in [2.05, 4.69) is 30.9 Å². The van der Waals surface area contributed by atoms with Crippen LogP contribution in [0.25, 0.3) is 0 Å². The Hall–Kier alpha value is -0.383. The first-order chi connectivity index (χ1) is 6.70. The molecule has 0 aromatic heterocycles. The SMILES string of the molecule is CO[Si](C)(CCCC1C=CC=C1)OC. The van der Waals surface area contributed by atoms with Crippen LogP contribution in [0.2, 0.25) is 12.6 Å². The second-order valence-corrected chi connectivity index (χ2v) is 7.45. The molecule has 1 aliphatic rings. The van der Waals surface area contributed by atoms with Crippen LogP contribution in [0, 0.1) is 5.92 Å². The molecule has 0 saturated heterocycles. The van der Waals surface area contributed by atoms with Crippen molar-refractivity contribution in [1.82, 2.24) is 0 Å². The molecule has 2 nitrogen and oxygen atoms in total. The summed E-state index contributed by atoms with van der Waals surface area (Å²) in [4.78, 5) is 0. The largest absolute Gasteiger partial charge is 0.398 e. The van der Waals surface area contributed by atoms with Crippen molar-refractivity contribution in [2.75, 3.05) is 14.2 Å². The maximum absolute atomic E-state index is 5.43. The molecule has 0 spiro atoms. The van der Waals surface area contributed by atoms with Gasteiger partial charge in [-0.05, 0) is 24.9 Å². The lowest BCUT2D eigenvalue weighted by atomic mass is 10.1. The zero-order chi connectivity index (χ0) is 10.4. The zero-order valence-electron chi connectivity index (χ0n) is 9.32. The van der Waals surface area contributed by atoms with Crippen LogP contribution in [0.5, 0.6) is 0 Å². The number of hydrogen-bond donors (Lipinski definition) is 0. The Bertz CT molecular complexity index is 207. The molecule has 0 fully saturated rings. The average Bonchev–Trinajstić information content (AvgIpc) is 2.70. The molecule has 0 atom stereocenters. The first-order valence-electron chi connectivity index (χ1n) is 5.15. The Kier molecular flexibility index (Phi) is 4.58. The van der Waals surface area contributed by atoms with Crippen molar-refractivity contribution in [1.29, 1.82) is 0 Å². The van der Waals surface area contributed by atoms with E-state index < -0.39 is 8.56 Å². The minimum Gasteiger partial charge on any atom is -0.398 e.